The number of hydrogen-bond acceptors (Lipinski definition) is 3. The quantitative estimate of drug-likeness (QED) is 0.526. The van der Waals surface area contributed by atoms with E-state index < -0.39 is 6.04 Å². The Labute approximate surface area is 96.5 Å². The van der Waals surface area contributed by atoms with E-state index in [1.165, 1.54) is 0 Å². The van der Waals surface area contributed by atoms with Gasteiger partial charge >= 0.3 is 0 Å². The van der Waals surface area contributed by atoms with Crippen molar-refractivity contribution in [1.82, 2.24) is 10.6 Å². The van der Waals surface area contributed by atoms with Crippen molar-refractivity contribution in [2.45, 2.75) is 26.3 Å². The van der Waals surface area contributed by atoms with Gasteiger partial charge in [-0.05, 0) is 5.92 Å². The molecule has 5 nitrogen and oxygen atoms in total. The van der Waals surface area contributed by atoms with Gasteiger partial charge in [0, 0.05) is 6.54 Å². The first kappa shape index (κ1) is 14.6. The topological polar surface area (TPSA) is 84.2 Å². The third-order valence-corrected chi connectivity index (χ3v) is 2.43. The fourth-order valence-electron chi connectivity index (χ4n) is 1.05. The Morgan fingerprint density at radius 2 is 2.06 bits per heavy atom. The zero-order valence-corrected chi connectivity index (χ0v) is 9.95. The van der Waals surface area contributed by atoms with Crippen molar-refractivity contribution in [3.63, 3.8) is 0 Å². The molecule has 92 valence electrons. The van der Waals surface area contributed by atoms with Gasteiger partial charge in [0.15, 0.2) is 0 Å². The van der Waals surface area contributed by atoms with Crippen molar-refractivity contribution in [2.24, 2.45) is 11.7 Å². The molecule has 5 heteroatoms. The van der Waals surface area contributed by atoms with E-state index in [0.717, 1.165) is 6.42 Å². The van der Waals surface area contributed by atoms with Crippen LogP contribution in [0.2, 0.25) is 0 Å². The van der Waals surface area contributed by atoms with E-state index in [1.807, 2.05) is 13.8 Å². The first-order valence-electron chi connectivity index (χ1n) is 5.43. The number of nitrogens with two attached hydrogens (primary N) is 1. The van der Waals surface area contributed by atoms with Gasteiger partial charge in [-0.25, -0.2) is 0 Å². The lowest BCUT2D eigenvalue weighted by Crippen LogP contribution is -2.47. The highest BCUT2D eigenvalue weighted by atomic mass is 16.2. The molecule has 0 aliphatic carbocycles. The molecular formula is C11H21N3O2. The van der Waals surface area contributed by atoms with Gasteiger partial charge in [0.1, 0.15) is 0 Å². The molecule has 4 N–H and O–H groups in total. The average molecular weight is 227 g/mol. The maximum Gasteiger partial charge on any atom is 0.239 e. The Hall–Kier alpha value is -1.36. The minimum Gasteiger partial charge on any atom is -0.351 e. The van der Waals surface area contributed by atoms with Crippen LogP contribution in [-0.2, 0) is 9.59 Å². The smallest absolute Gasteiger partial charge is 0.239 e. The van der Waals surface area contributed by atoms with Crippen molar-refractivity contribution >= 4 is 11.8 Å². The van der Waals surface area contributed by atoms with E-state index >= 15 is 0 Å². The predicted octanol–water partition coefficient (Wildman–Crippen LogP) is -0.222. The molecule has 0 aromatic rings. The molecule has 0 saturated carbocycles. The van der Waals surface area contributed by atoms with Gasteiger partial charge in [0.25, 0.3) is 0 Å². The van der Waals surface area contributed by atoms with E-state index in [-0.39, 0.29) is 24.3 Å². The number of rotatable bonds is 7. The van der Waals surface area contributed by atoms with Gasteiger partial charge in [-0.1, -0.05) is 26.3 Å². The predicted molar refractivity (Wildman–Crippen MR) is 63.6 cm³/mol. The Bertz CT molecular complexity index is 254. The molecule has 0 aromatic carbocycles. The molecule has 0 heterocycles. The number of carbonyl (C=O) groups excluding carboxylic acids is 2. The van der Waals surface area contributed by atoms with Gasteiger partial charge < -0.3 is 16.4 Å². The Kier molecular flexibility index (Phi) is 7.20. The maximum absolute atomic E-state index is 11.5. The minimum atomic E-state index is -0.558. The van der Waals surface area contributed by atoms with Crippen LogP contribution in [0.15, 0.2) is 12.7 Å². The summed E-state index contributed by atoms with van der Waals surface area (Å²) in [5.74, 6) is -0.427. The lowest BCUT2D eigenvalue weighted by molar-refractivity contribution is -0.127. The van der Waals surface area contributed by atoms with Crippen molar-refractivity contribution in [1.29, 1.82) is 0 Å². The van der Waals surface area contributed by atoms with E-state index in [2.05, 4.69) is 17.2 Å². The Balaban J connectivity index is 3.88. The number of amides is 2. The van der Waals surface area contributed by atoms with Gasteiger partial charge in [-0.2, -0.15) is 0 Å². The normalized spacial score (nSPS) is 13.7. The van der Waals surface area contributed by atoms with E-state index in [4.69, 9.17) is 5.73 Å². The van der Waals surface area contributed by atoms with Crippen LogP contribution in [0.1, 0.15) is 20.3 Å². The van der Waals surface area contributed by atoms with Crippen molar-refractivity contribution in [3.8, 4) is 0 Å². The zero-order chi connectivity index (χ0) is 12.6. The summed E-state index contributed by atoms with van der Waals surface area (Å²) in [6, 6.07) is -0.558. The van der Waals surface area contributed by atoms with Crippen molar-refractivity contribution in [2.75, 3.05) is 13.1 Å². The molecule has 0 aromatic heterocycles. The molecule has 2 atom stereocenters. The Morgan fingerprint density at radius 1 is 1.44 bits per heavy atom. The lowest BCUT2D eigenvalue weighted by Gasteiger charge is -2.17. The number of nitrogens with one attached hydrogen (secondary N) is 2. The summed E-state index contributed by atoms with van der Waals surface area (Å²) in [5, 5.41) is 5.05. The largest absolute Gasteiger partial charge is 0.351 e. The SMILES string of the molecule is C=CCNC(=O)CNC(=O)C(N)C(C)CC. The van der Waals surface area contributed by atoms with Crippen molar-refractivity contribution < 1.29 is 9.59 Å². The van der Waals surface area contributed by atoms with Crippen molar-refractivity contribution in [3.05, 3.63) is 12.7 Å². The van der Waals surface area contributed by atoms with Crippen LogP contribution in [0.25, 0.3) is 0 Å². The second kappa shape index (κ2) is 7.87. The third-order valence-electron chi connectivity index (χ3n) is 2.43. The van der Waals surface area contributed by atoms with Gasteiger partial charge in [0.2, 0.25) is 11.8 Å². The molecule has 0 radical (unpaired) electrons. The summed E-state index contributed by atoms with van der Waals surface area (Å²) >= 11 is 0. The van der Waals surface area contributed by atoms with Gasteiger partial charge in [0.05, 0.1) is 12.6 Å². The maximum atomic E-state index is 11.5. The molecule has 16 heavy (non-hydrogen) atoms. The molecule has 2 unspecified atom stereocenters. The van der Waals surface area contributed by atoms with E-state index in [9.17, 15) is 9.59 Å². The summed E-state index contributed by atoms with van der Waals surface area (Å²) < 4.78 is 0. The average Bonchev–Trinajstić information content (AvgIpc) is 2.31. The highest BCUT2D eigenvalue weighted by Gasteiger charge is 2.19. The summed E-state index contributed by atoms with van der Waals surface area (Å²) in [5.41, 5.74) is 5.70. The molecule has 0 saturated heterocycles. The molecule has 0 aliphatic heterocycles. The second-order valence-electron chi connectivity index (χ2n) is 3.72. The van der Waals surface area contributed by atoms with Gasteiger partial charge in [-0.15, -0.1) is 6.58 Å². The summed E-state index contributed by atoms with van der Waals surface area (Å²) in [4.78, 5) is 22.6. The fraction of sp³-hybridized carbons (Fsp3) is 0.636. The standard InChI is InChI=1S/C11H21N3O2/c1-4-6-13-9(15)7-14-11(16)10(12)8(3)5-2/h4,8,10H,1,5-7,12H2,2-3H3,(H,13,15)(H,14,16). The highest BCUT2D eigenvalue weighted by Crippen LogP contribution is 2.04. The Morgan fingerprint density at radius 3 is 2.56 bits per heavy atom. The first-order valence-corrected chi connectivity index (χ1v) is 5.43. The summed E-state index contributed by atoms with van der Waals surface area (Å²) in [6.45, 7) is 7.69. The minimum absolute atomic E-state index is 0.0448. The third kappa shape index (κ3) is 5.50. The molecular weight excluding hydrogens is 206 g/mol. The zero-order valence-electron chi connectivity index (χ0n) is 9.95. The van der Waals surface area contributed by atoms with Crippen LogP contribution in [0, 0.1) is 5.92 Å². The monoisotopic (exact) mass is 227 g/mol. The van der Waals surface area contributed by atoms with Gasteiger partial charge in [-0.3, -0.25) is 9.59 Å². The molecule has 0 rings (SSSR count). The molecule has 0 spiro atoms. The number of hydrogen-bond donors (Lipinski definition) is 3. The van der Waals surface area contributed by atoms with Crippen LogP contribution in [0.3, 0.4) is 0 Å². The summed E-state index contributed by atoms with van der Waals surface area (Å²) in [7, 11) is 0. The van der Waals surface area contributed by atoms with Crippen LogP contribution in [-0.4, -0.2) is 30.9 Å². The molecule has 0 aliphatic rings. The molecule has 0 bridgehead atoms. The van der Waals surface area contributed by atoms with E-state index in [1.54, 1.807) is 6.08 Å². The molecule has 2 amide bonds. The van der Waals surface area contributed by atoms with Crippen LogP contribution in [0.5, 0.6) is 0 Å². The second-order valence-corrected chi connectivity index (χ2v) is 3.72. The van der Waals surface area contributed by atoms with Crippen LogP contribution in [0.4, 0.5) is 0 Å². The van der Waals surface area contributed by atoms with Crippen LogP contribution >= 0.6 is 0 Å². The highest BCUT2D eigenvalue weighted by molar-refractivity contribution is 5.87. The first-order chi connectivity index (χ1) is 7.52. The number of carbonyl (C=O) groups is 2. The lowest BCUT2D eigenvalue weighted by atomic mass is 9.99. The van der Waals surface area contributed by atoms with Crippen LogP contribution < -0.4 is 16.4 Å². The molecule has 0 fully saturated rings. The van der Waals surface area contributed by atoms with E-state index in [0.29, 0.717) is 6.54 Å². The fourth-order valence-corrected chi connectivity index (χ4v) is 1.05. The summed E-state index contributed by atoms with van der Waals surface area (Å²) in [6.07, 6.45) is 2.40.